The van der Waals surface area contributed by atoms with E-state index in [2.05, 4.69) is 20.8 Å². The summed E-state index contributed by atoms with van der Waals surface area (Å²) in [6, 6.07) is 0. The molecule has 0 fully saturated rings. The zero-order valence-electron chi connectivity index (χ0n) is 13.0. The van der Waals surface area contributed by atoms with Crippen LogP contribution in [0.5, 0.6) is 0 Å². The van der Waals surface area contributed by atoms with Gasteiger partial charge in [-0.2, -0.15) is 0 Å². The Kier molecular flexibility index (Phi) is 11.8. The summed E-state index contributed by atoms with van der Waals surface area (Å²) < 4.78 is 16.7. The second-order valence-corrected chi connectivity index (χ2v) is 6.19. The van der Waals surface area contributed by atoms with Gasteiger partial charge in [-0.15, -0.1) is 9.42 Å². The quantitative estimate of drug-likeness (QED) is 0.347. The van der Waals surface area contributed by atoms with Crippen LogP contribution in [0.15, 0.2) is 0 Å². The van der Waals surface area contributed by atoms with Crippen LogP contribution in [0.1, 0.15) is 91.4 Å². The van der Waals surface area contributed by atoms with Gasteiger partial charge < -0.3 is 0 Å². The van der Waals surface area contributed by atoms with Crippen LogP contribution in [0.25, 0.3) is 0 Å². The lowest BCUT2D eigenvalue weighted by Crippen LogP contribution is -2.30. The average molecular weight is 291 g/mol. The number of unbranched alkanes of at least 4 members (excludes halogenated alkanes) is 5. The molecular formula is C15H32O3P+. The number of hydrogen-bond donors (Lipinski definition) is 1. The zero-order chi connectivity index (χ0) is 14.6. The van der Waals surface area contributed by atoms with E-state index < -0.39 is 8.25 Å². The Morgan fingerprint density at radius 2 is 1.26 bits per heavy atom. The number of rotatable bonds is 13. The van der Waals surface area contributed by atoms with Crippen molar-refractivity contribution in [2.24, 2.45) is 0 Å². The molecule has 19 heavy (non-hydrogen) atoms. The molecule has 0 heterocycles. The highest BCUT2D eigenvalue weighted by Crippen LogP contribution is 2.38. The summed E-state index contributed by atoms with van der Waals surface area (Å²) in [6.07, 6.45) is 11.8. The Hall–Kier alpha value is 0.0200. The predicted octanol–water partition coefficient (Wildman–Crippen LogP) is 5.74. The predicted molar refractivity (Wildman–Crippen MR) is 81.5 cm³/mol. The molecule has 114 valence electrons. The van der Waals surface area contributed by atoms with Gasteiger partial charge in [0, 0.05) is 4.57 Å². The summed E-state index contributed by atoms with van der Waals surface area (Å²) in [5.74, 6) is 0. The average Bonchev–Trinajstić information content (AvgIpc) is 2.36. The highest BCUT2D eigenvalue weighted by Gasteiger charge is 2.38. The van der Waals surface area contributed by atoms with Crippen molar-refractivity contribution in [3.63, 3.8) is 0 Å². The third-order valence-electron chi connectivity index (χ3n) is 3.73. The smallest absolute Gasteiger partial charge is 0.133 e. The molecule has 0 aromatic rings. The molecule has 1 N–H and O–H groups in total. The van der Waals surface area contributed by atoms with Gasteiger partial charge in [0.15, 0.2) is 0 Å². The molecule has 0 aliphatic rings. The highest BCUT2D eigenvalue weighted by atomic mass is 31.1. The van der Waals surface area contributed by atoms with E-state index in [0.29, 0.717) is 0 Å². The van der Waals surface area contributed by atoms with E-state index in [4.69, 9.17) is 4.52 Å². The van der Waals surface area contributed by atoms with Crippen LogP contribution < -0.4 is 0 Å². The van der Waals surface area contributed by atoms with Crippen LogP contribution in [0.4, 0.5) is 0 Å². The molecule has 0 saturated heterocycles. The van der Waals surface area contributed by atoms with Gasteiger partial charge in [0.1, 0.15) is 5.60 Å². The first kappa shape index (κ1) is 19.0. The van der Waals surface area contributed by atoms with E-state index in [-0.39, 0.29) is 5.60 Å². The normalized spacial score (nSPS) is 12.7. The summed E-state index contributed by atoms with van der Waals surface area (Å²) in [4.78, 5) is 9.19. The van der Waals surface area contributed by atoms with Gasteiger partial charge in [-0.1, -0.05) is 72.1 Å². The first-order valence-corrected chi connectivity index (χ1v) is 9.08. The molecule has 0 amide bonds. The van der Waals surface area contributed by atoms with Crippen molar-refractivity contribution in [2.75, 3.05) is 0 Å². The first-order chi connectivity index (χ1) is 9.10. The van der Waals surface area contributed by atoms with E-state index in [1.165, 1.54) is 25.7 Å². The second kappa shape index (κ2) is 11.8. The zero-order valence-corrected chi connectivity index (χ0v) is 13.9. The molecule has 0 aliphatic carbocycles. The van der Waals surface area contributed by atoms with Crippen molar-refractivity contribution in [2.45, 2.75) is 97.0 Å². The molecule has 1 atom stereocenters. The van der Waals surface area contributed by atoms with E-state index in [9.17, 15) is 9.46 Å². The molecule has 0 aromatic carbocycles. The maximum Gasteiger partial charge on any atom is 0.695 e. The Balaban J connectivity index is 4.58. The van der Waals surface area contributed by atoms with Gasteiger partial charge in [0.05, 0.1) is 0 Å². The summed E-state index contributed by atoms with van der Waals surface area (Å²) in [5.41, 5.74) is -0.359. The highest BCUT2D eigenvalue weighted by molar-refractivity contribution is 7.32. The lowest BCUT2D eigenvalue weighted by atomic mass is 9.86. The van der Waals surface area contributed by atoms with Crippen LogP contribution in [0, 0.1) is 0 Å². The monoisotopic (exact) mass is 291 g/mol. The molecule has 1 unspecified atom stereocenters. The van der Waals surface area contributed by atoms with Gasteiger partial charge in [0.25, 0.3) is 0 Å². The molecular weight excluding hydrogens is 259 g/mol. The van der Waals surface area contributed by atoms with Crippen LogP contribution in [0.2, 0.25) is 0 Å². The van der Waals surface area contributed by atoms with Crippen LogP contribution in [0.3, 0.4) is 0 Å². The Bertz CT molecular complexity index is 221. The maximum absolute atomic E-state index is 11.2. The summed E-state index contributed by atoms with van der Waals surface area (Å²) >= 11 is 0. The molecule has 0 rings (SSSR count). The fraction of sp³-hybridized carbons (Fsp3) is 1.00. The van der Waals surface area contributed by atoms with Gasteiger partial charge in [-0.25, -0.2) is 0 Å². The molecule has 0 radical (unpaired) electrons. The summed E-state index contributed by atoms with van der Waals surface area (Å²) in [7, 11) is -2.50. The van der Waals surface area contributed by atoms with Gasteiger partial charge in [0.2, 0.25) is 0 Å². The van der Waals surface area contributed by atoms with Gasteiger partial charge in [-0.05, 0) is 19.3 Å². The topological polar surface area (TPSA) is 46.5 Å². The summed E-state index contributed by atoms with van der Waals surface area (Å²) in [6.45, 7) is 6.51. The molecule has 3 nitrogen and oxygen atoms in total. The van der Waals surface area contributed by atoms with Gasteiger partial charge in [-0.3, -0.25) is 0 Å². The van der Waals surface area contributed by atoms with Crippen LogP contribution >= 0.6 is 8.25 Å². The lowest BCUT2D eigenvalue weighted by molar-refractivity contribution is 0.0313. The van der Waals surface area contributed by atoms with Crippen molar-refractivity contribution >= 4 is 8.25 Å². The standard InChI is InChI=1S/C15H31O3P/c1-4-7-10-13-15(12-9-6-3,18-19(16)17)14-11-8-5-2/h4-14H2,1-3H3/p+1. The third-order valence-corrected chi connectivity index (χ3v) is 4.27. The fourth-order valence-electron chi connectivity index (χ4n) is 2.57. The van der Waals surface area contributed by atoms with E-state index in [1.807, 2.05) is 0 Å². The van der Waals surface area contributed by atoms with Crippen molar-refractivity contribution < 1.29 is 14.0 Å². The van der Waals surface area contributed by atoms with Crippen molar-refractivity contribution in [1.29, 1.82) is 0 Å². The van der Waals surface area contributed by atoms with Crippen molar-refractivity contribution in [1.82, 2.24) is 0 Å². The fourth-order valence-corrected chi connectivity index (χ4v) is 3.18. The SMILES string of the molecule is CCCCCC(CCCC)(CCCCC)O[P+](=O)O. The number of hydrogen-bond acceptors (Lipinski definition) is 2. The largest absolute Gasteiger partial charge is 0.695 e. The van der Waals surface area contributed by atoms with Crippen LogP contribution in [-0.2, 0) is 9.09 Å². The van der Waals surface area contributed by atoms with Crippen molar-refractivity contribution in [3.8, 4) is 0 Å². The lowest BCUT2D eigenvalue weighted by Gasteiger charge is -2.27. The Morgan fingerprint density at radius 3 is 1.63 bits per heavy atom. The molecule has 0 aliphatic heterocycles. The van der Waals surface area contributed by atoms with Gasteiger partial charge >= 0.3 is 8.25 Å². The second-order valence-electron chi connectivity index (χ2n) is 5.53. The van der Waals surface area contributed by atoms with Crippen LogP contribution in [-0.4, -0.2) is 10.5 Å². The first-order valence-electron chi connectivity index (χ1n) is 7.95. The molecule has 4 heteroatoms. The summed E-state index contributed by atoms with van der Waals surface area (Å²) in [5, 5.41) is 0. The van der Waals surface area contributed by atoms with E-state index in [1.54, 1.807) is 0 Å². The molecule has 0 aromatic heterocycles. The molecule has 0 saturated carbocycles. The minimum absolute atomic E-state index is 0.359. The minimum Gasteiger partial charge on any atom is -0.133 e. The van der Waals surface area contributed by atoms with E-state index >= 15 is 0 Å². The minimum atomic E-state index is -2.50. The Morgan fingerprint density at radius 1 is 0.842 bits per heavy atom. The maximum atomic E-state index is 11.2. The van der Waals surface area contributed by atoms with E-state index in [0.717, 1.165) is 44.9 Å². The Labute approximate surface area is 120 Å². The third kappa shape index (κ3) is 9.54. The molecule has 0 bridgehead atoms. The van der Waals surface area contributed by atoms with Crippen molar-refractivity contribution in [3.05, 3.63) is 0 Å². The molecule has 0 spiro atoms.